The topological polar surface area (TPSA) is 40.9 Å². The van der Waals surface area contributed by atoms with Gasteiger partial charge in [-0.15, -0.1) is 0 Å². The van der Waals surface area contributed by atoms with E-state index in [1.165, 1.54) is 0 Å². The summed E-state index contributed by atoms with van der Waals surface area (Å²) in [6, 6.07) is 9.49. The molecular formula is C14H14ClNO. The van der Waals surface area contributed by atoms with E-state index < -0.39 is 5.92 Å². The van der Waals surface area contributed by atoms with Crippen LogP contribution < -0.4 is 0 Å². The lowest BCUT2D eigenvalue weighted by Crippen LogP contribution is -2.29. The van der Waals surface area contributed by atoms with Crippen LogP contribution in [0.2, 0.25) is 5.02 Å². The first-order chi connectivity index (χ1) is 8.20. The minimum atomic E-state index is -0.515. The molecule has 0 saturated heterocycles. The number of nitrogens with zero attached hydrogens (tertiary/aromatic N) is 1. The second-order valence-corrected chi connectivity index (χ2v) is 4.98. The highest BCUT2D eigenvalue weighted by atomic mass is 35.5. The molecule has 0 radical (unpaired) electrons. The number of ketones is 1. The van der Waals surface area contributed by atoms with E-state index in [4.69, 9.17) is 16.9 Å². The highest BCUT2D eigenvalue weighted by molar-refractivity contribution is 6.30. The minimum absolute atomic E-state index is 0.110. The van der Waals surface area contributed by atoms with Crippen LogP contribution in [0.1, 0.15) is 24.8 Å². The summed E-state index contributed by atoms with van der Waals surface area (Å²) in [4.78, 5) is 12.0. The maximum absolute atomic E-state index is 12.0. The van der Waals surface area contributed by atoms with Gasteiger partial charge in [0, 0.05) is 10.9 Å². The van der Waals surface area contributed by atoms with Gasteiger partial charge < -0.3 is 0 Å². The molecule has 1 aliphatic rings. The number of carbonyl (C=O) groups is 1. The predicted octanol–water partition coefficient (Wildman–Crippen LogP) is 3.39. The average Bonchev–Trinajstić information content (AvgIpc) is 2.23. The second-order valence-electron chi connectivity index (χ2n) is 4.55. The van der Waals surface area contributed by atoms with Crippen LogP contribution in [0, 0.1) is 23.2 Å². The van der Waals surface area contributed by atoms with Crippen LogP contribution in [-0.4, -0.2) is 5.78 Å². The fraction of sp³-hybridized carbons (Fsp3) is 0.429. The van der Waals surface area contributed by atoms with Crippen molar-refractivity contribution in [2.45, 2.75) is 25.7 Å². The summed E-state index contributed by atoms with van der Waals surface area (Å²) < 4.78 is 0. The Morgan fingerprint density at radius 2 is 2.29 bits per heavy atom. The zero-order valence-electron chi connectivity index (χ0n) is 9.53. The molecule has 1 atom stereocenters. The molecule has 88 valence electrons. The monoisotopic (exact) mass is 247 g/mol. The number of rotatable bonds is 4. The van der Waals surface area contributed by atoms with E-state index in [0.717, 1.165) is 24.8 Å². The molecule has 0 spiro atoms. The van der Waals surface area contributed by atoms with E-state index in [2.05, 4.69) is 6.07 Å². The lowest BCUT2D eigenvalue weighted by atomic mass is 9.77. The summed E-state index contributed by atoms with van der Waals surface area (Å²) in [5.74, 6) is -0.281. The molecule has 1 aromatic rings. The highest BCUT2D eigenvalue weighted by Gasteiger charge is 2.31. The zero-order chi connectivity index (χ0) is 12.3. The molecule has 1 aromatic carbocycles. The van der Waals surface area contributed by atoms with Crippen LogP contribution in [0.15, 0.2) is 24.3 Å². The summed E-state index contributed by atoms with van der Waals surface area (Å²) in [5.41, 5.74) is 0.955. The third-order valence-corrected chi connectivity index (χ3v) is 3.57. The minimum Gasteiger partial charge on any atom is -0.298 e. The van der Waals surface area contributed by atoms with Crippen molar-refractivity contribution in [3.63, 3.8) is 0 Å². The summed E-state index contributed by atoms with van der Waals surface area (Å²) in [6.45, 7) is 0. The molecule has 2 nitrogen and oxygen atoms in total. The van der Waals surface area contributed by atoms with Crippen molar-refractivity contribution in [1.29, 1.82) is 5.26 Å². The number of carbonyl (C=O) groups excluding carboxylic acids is 1. The van der Waals surface area contributed by atoms with Crippen LogP contribution in [0.25, 0.3) is 0 Å². The van der Waals surface area contributed by atoms with Crippen LogP contribution in [-0.2, 0) is 11.2 Å². The fourth-order valence-electron chi connectivity index (χ4n) is 2.09. The standard InChI is InChI=1S/C14H14ClNO/c15-13-6-1-3-10(8-13)7-12(9-16)14(17)11-4-2-5-11/h1,3,6,8,11-12H,2,4-5,7H2/t12-/m0/s1. The molecule has 1 saturated carbocycles. The third-order valence-electron chi connectivity index (χ3n) is 3.34. The van der Waals surface area contributed by atoms with E-state index in [1.54, 1.807) is 6.07 Å². The molecule has 17 heavy (non-hydrogen) atoms. The summed E-state index contributed by atoms with van der Waals surface area (Å²) >= 11 is 5.88. The van der Waals surface area contributed by atoms with E-state index in [-0.39, 0.29) is 11.7 Å². The fourth-order valence-corrected chi connectivity index (χ4v) is 2.30. The Hall–Kier alpha value is -1.33. The predicted molar refractivity (Wildman–Crippen MR) is 66.6 cm³/mol. The van der Waals surface area contributed by atoms with Crippen molar-refractivity contribution in [1.82, 2.24) is 0 Å². The SMILES string of the molecule is N#C[C@H](Cc1cccc(Cl)c1)C(=O)C1CCC1. The van der Waals surface area contributed by atoms with Gasteiger partial charge in [-0.3, -0.25) is 4.79 Å². The molecule has 0 unspecified atom stereocenters. The van der Waals surface area contributed by atoms with Crippen molar-refractivity contribution < 1.29 is 4.79 Å². The Labute approximate surface area is 106 Å². The van der Waals surface area contributed by atoms with Gasteiger partial charge in [0.05, 0.1) is 6.07 Å². The van der Waals surface area contributed by atoms with Gasteiger partial charge in [-0.25, -0.2) is 0 Å². The molecule has 0 bridgehead atoms. The first-order valence-corrected chi connectivity index (χ1v) is 6.26. The Balaban J connectivity index is 2.04. The second kappa shape index (κ2) is 5.33. The zero-order valence-corrected chi connectivity index (χ0v) is 10.3. The number of hydrogen-bond donors (Lipinski definition) is 0. The molecule has 3 heteroatoms. The van der Waals surface area contributed by atoms with Gasteiger partial charge in [-0.2, -0.15) is 5.26 Å². The van der Waals surface area contributed by atoms with E-state index in [9.17, 15) is 4.79 Å². The van der Waals surface area contributed by atoms with Gasteiger partial charge in [-0.1, -0.05) is 30.2 Å². The van der Waals surface area contributed by atoms with E-state index in [1.807, 2.05) is 18.2 Å². The van der Waals surface area contributed by atoms with Crippen molar-refractivity contribution >= 4 is 17.4 Å². The molecule has 0 heterocycles. The Morgan fingerprint density at radius 1 is 1.53 bits per heavy atom. The smallest absolute Gasteiger partial charge is 0.153 e. The maximum atomic E-state index is 12.0. The average molecular weight is 248 g/mol. The Bertz CT molecular complexity index is 460. The number of nitriles is 1. The molecule has 1 aliphatic carbocycles. The quantitative estimate of drug-likeness (QED) is 0.818. The van der Waals surface area contributed by atoms with Gasteiger partial charge in [0.15, 0.2) is 5.78 Å². The van der Waals surface area contributed by atoms with Gasteiger partial charge in [-0.05, 0) is 37.0 Å². The first-order valence-electron chi connectivity index (χ1n) is 5.88. The van der Waals surface area contributed by atoms with Crippen molar-refractivity contribution in [3.05, 3.63) is 34.9 Å². The van der Waals surface area contributed by atoms with Gasteiger partial charge in [0.1, 0.15) is 5.92 Å². The van der Waals surface area contributed by atoms with Crippen LogP contribution >= 0.6 is 11.6 Å². The van der Waals surface area contributed by atoms with Crippen molar-refractivity contribution in [2.75, 3.05) is 0 Å². The molecule has 0 aromatic heterocycles. The normalized spacial score (nSPS) is 16.9. The van der Waals surface area contributed by atoms with Gasteiger partial charge >= 0.3 is 0 Å². The molecule has 0 aliphatic heterocycles. The van der Waals surface area contributed by atoms with Crippen LogP contribution in [0.4, 0.5) is 0 Å². The number of halogens is 1. The molecule has 0 amide bonds. The number of benzene rings is 1. The van der Waals surface area contributed by atoms with Crippen molar-refractivity contribution in [3.8, 4) is 6.07 Å². The van der Waals surface area contributed by atoms with Crippen molar-refractivity contribution in [2.24, 2.45) is 11.8 Å². The molecule has 0 N–H and O–H groups in total. The lowest BCUT2D eigenvalue weighted by Gasteiger charge is -2.25. The largest absolute Gasteiger partial charge is 0.298 e. The number of hydrogen-bond acceptors (Lipinski definition) is 2. The highest BCUT2D eigenvalue weighted by Crippen LogP contribution is 2.30. The summed E-state index contributed by atoms with van der Waals surface area (Å²) in [5, 5.41) is 9.74. The molecule has 1 fully saturated rings. The third kappa shape index (κ3) is 2.87. The lowest BCUT2D eigenvalue weighted by molar-refractivity contribution is -0.127. The molecule has 2 rings (SSSR count). The summed E-state index contributed by atoms with van der Waals surface area (Å²) in [6.07, 6.45) is 3.50. The van der Waals surface area contributed by atoms with Crippen LogP contribution in [0.5, 0.6) is 0 Å². The maximum Gasteiger partial charge on any atom is 0.153 e. The summed E-state index contributed by atoms with van der Waals surface area (Å²) in [7, 11) is 0. The van der Waals surface area contributed by atoms with Gasteiger partial charge in [0.2, 0.25) is 0 Å². The Morgan fingerprint density at radius 3 is 2.82 bits per heavy atom. The Kier molecular flexibility index (Phi) is 3.81. The van der Waals surface area contributed by atoms with Gasteiger partial charge in [0.25, 0.3) is 0 Å². The molecular weight excluding hydrogens is 234 g/mol. The van der Waals surface area contributed by atoms with E-state index in [0.29, 0.717) is 11.4 Å². The first kappa shape index (κ1) is 12.1. The van der Waals surface area contributed by atoms with E-state index >= 15 is 0 Å². The number of Topliss-reactive ketones (excluding diaryl/α,β-unsaturated/α-hetero) is 1. The van der Waals surface area contributed by atoms with Crippen LogP contribution in [0.3, 0.4) is 0 Å².